The van der Waals surface area contributed by atoms with Crippen LogP contribution in [0, 0.1) is 0 Å². The highest BCUT2D eigenvalue weighted by Gasteiger charge is 2.21. The first-order valence-corrected chi connectivity index (χ1v) is 13.6. The molecule has 3 aromatic heterocycles. The van der Waals surface area contributed by atoms with Crippen LogP contribution in [0.4, 0.5) is 0 Å². The summed E-state index contributed by atoms with van der Waals surface area (Å²) in [5.41, 5.74) is 6.72. The molecule has 0 unspecified atom stereocenters. The highest BCUT2D eigenvalue weighted by Crippen LogP contribution is 2.30. The minimum atomic E-state index is -0.141. The monoisotopic (exact) mass is 535 g/mol. The van der Waals surface area contributed by atoms with Gasteiger partial charge in [-0.3, -0.25) is 18.9 Å². The van der Waals surface area contributed by atoms with Crippen molar-refractivity contribution in [3.05, 3.63) is 100.0 Å². The average molecular weight is 536 g/mol. The van der Waals surface area contributed by atoms with E-state index in [-0.39, 0.29) is 17.4 Å². The van der Waals surface area contributed by atoms with Crippen molar-refractivity contribution in [1.82, 2.24) is 34.7 Å². The van der Waals surface area contributed by atoms with Gasteiger partial charge in [0.25, 0.3) is 0 Å². The van der Waals surface area contributed by atoms with Gasteiger partial charge in [0.1, 0.15) is 0 Å². The first-order valence-electron chi connectivity index (χ1n) is 13.6. The average Bonchev–Trinajstić information content (AvgIpc) is 3.61. The van der Waals surface area contributed by atoms with Crippen LogP contribution in [0.3, 0.4) is 0 Å². The number of nitrogens with one attached hydrogen (secondary N) is 1. The van der Waals surface area contributed by atoms with Crippen LogP contribution in [0.1, 0.15) is 73.6 Å². The number of aromatic nitrogens is 7. The highest BCUT2D eigenvalue weighted by atomic mass is 16.2. The lowest BCUT2D eigenvalue weighted by atomic mass is 9.96. The number of benzene rings is 2. The van der Waals surface area contributed by atoms with Crippen LogP contribution in [-0.2, 0) is 13.0 Å². The maximum Gasteiger partial charge on any atom is 0.333 e. The summed E-state index contributed by atoms with van der Waals surface area (Å²) in [5, 5.41) is 14.4. The van der Waals surface area contributed by atoms with Crippen LogP contribution >= 0.6 is 0 Å². The van der Waals surface area contributed by atoms with E-state index in [0.717, 1.165) is 52.8 Å². The van der Waals surface area contributed by atoms with Gasteiger partial charge >= 0.3 is 5.69 Å². The topological polar surface area (TPSA) is 111 Å². The lowest BCUT2D eigenvalue weighted by Gasteiger charge is -2.16. The molecule has 0 radical (unpaired) electrons. The van der Waals surface area contributed by atoms with Crippen LogP contribution in [0.25, 0.3) is 28.2 Å². The lowest BCUT2D eigenvalue weighted by Crippen LogP contribution is -2.26. The van der Waals surface area contributed by atoms with Gasteiger partial charge in [-0.05, 0) is 59.7 Å². The fourth-order valence-corrected chi connectivity index (χ4v) is 5.06. The van der Waals surface area contributed by atoms with Crippen molar-refractivity contribution < 1.29 is 4.79 Å². The molecular formula is C31H33N7O2. The van der Waals surface area contributed by atoms with Gasteiger partial charge in [-0.15, -0.1) is 10.2 Å². The van der Waals surface area contributed by atoms with Gasteiger partial charge in [0, 0.05) is 41.0 Å². The number of para-hydroxylation sites is 1. The summed E-state index contributed by atoms with van der Waals surface area (Å²) < 4.78 is 3.51. The number of unbranched alkanes of at least 4 members (excludes halogenated alkanes) is 1. The standard InChI is InChI=1S/C31H33N7O2/c1-5-6-8-24-19-38(29-25(20(2)3)9-7-10-26(29)21(4)39)31(40)37(24)18-22-11-13-23(14-12-22)28-17-32-16-15-27(28)30-33-35-36-34-30/h7,9-17,19-20H,5-6,8,18H2,1-4H3,(H,33,34,35,36). The van der Waals surface area contributed by atoms with Crippen molar-refractivity contribution in [1.29, 1.82) is 0 Å². The number of carbonyl (C=O) groups excluding carboxylic acids is 1. The molecule has 204 valence electrons. The van der Waals surface area contributed by atoms with Crippen molar-refractivity contribution in [2.24, 2.45) is 0 Å². The Kier molecular flexibility index (Phi) is 7.82. The van der Waals surface area contributed by atoms with Crippen molar-refractivity contribution in [2.75, 3.05) is 0 Å². The molecule has 0 bridgehead atoms. The van der Waals surface area contributed by atoms with Crippen LogP contribution in [0.5, 0.6) is 0 Å². The number of pyridine rings is 1. The van der Waals surface area contributed by atoms with Crippen LogP contribution in [0.2, 0.25) is 0 Å². The molecule has 5 aromatic rings. The molecule has 0 saturated carbocycles. The number of tetrazole rings is 1. The third-order valence-electron chi connectivity index (χ3n) is 7.17. The Labute approximate surface area is 232 Å². The summed E-state index contributed by atoms with van der Waals surface area (Å²) in [6.07, 6.45) is 8.17. The number of nitrogens with zero attached hydrogens (tertiary/aromatic N) is 6. The van der Waals surface area contributed by atoms with E-state index in [1.807, 2.05) is 53.2 Å². The van der Waals surface area contributed by atoms with E-state index in [0.29, 0.717) is 23.6 Å². The minimum absolute atomic E-state index is 0.0570. The van der Waals surface area contributed by atoms with Gasteiger partial charge in [-0.25, -0.2) is 4.79 Å². The van der Waals surface area contributed by atoms with Gasteiger partial charge in [-0.2, -0.15) is 5.21 Å². The van der Waals surface area contributed by atoms with E-state index in [9.17, 15) is 9.59 Å². The van der Waals surface area contributed by atoms with Crippen molar-refractivity contribution >= 4 is 5.78 Å². The summed E-state index contributed by atoms with van der Waals surface area (Å²) in [7, 11) is 0. The molecule has 0 saturated heterocycles. The third-order valence-corrected chi connectivity index (χ3v) is 7.17. The molecule has 0 atom stereocenters. The largest absolute Gasteiger partial charge is 0.333 e. The molecule has 9 nitrogen and oxygen atoms in total. The lowest BCUT2D eigenvalue weighted by molar-refractivity contribution is 0.101. The van der Waals surface area contributed by atoms with E-state index >= 15 is 0 Å². The molecule has 0 aliphatic heterocycles. The van der Waals surface area contributed by atoms with Gasteiger partial charge in [0.15, 0.2) is 5.78 Å². The second kappa shape index (κ2) is 11.6. The predicted molar refractivity (Wildman–Crippen MR) is 155 cm³/mol. The minimum Gasteiger partial charge on any atom is -0.294 e. The first kappa shape index (κ1) is 26.9. The second-order valence-corrected chi connectivity index (χ2v) is 10.3. The maximum absolute atomic E-state index is 14.0. The van der Waals surface area contributed by atoms with Crippen LogP contribution in [-0.4, -0.2) is 40.5 Å². The molecular weight excluding hydrogens is 502 g/mol. The molecule has 0 fully saturated rings. The Bertz CT molecular complexity index is 1680. The van der Waals surface area contributed by atoms with Gasteiger partial charge < -0.3 is 0 Å². The normalized spacial score (nSPS) is 11.3. The number of ketones is 1. The first-order chi connectivity index (χ1) is 19.4. The smallest absolute Gasteiger partial charge is 0.294 e. The predicted octanol–water partition coefficient (Wildman–Crippen LogP) is 5.60. The number of Topliss-reactive ketones (excluding diaryl/α,β-unsaturated/α-hetero) is 1. The number of imidazole rings is 1. The molecule has 2 aromatic carbocycles. The van der Waals surface area contributed by atoms with E-state index in [2.05, 4.69) is 46.4 Å². The molecule has 0 amide bonds. The van der Waals surface area contributed by atoms with Gasteiger partial charge in [0.2, 0.25) is 5.82 Å². The zero-order valence-corrected chi connectivity index (χ0v) is 23.3. The number of aryl methyl sites for hydroxylation is 1. The van der Waals surface area contributed by atoms with Crippen LogP contribution < -0.4 is 5.69 Å². The van der Waals surface area contributed by atoms with Crippen molar-refractivity contribution in [3.63, 3.8) is 0 Å². The van der Waals surface area contributed by atoms with Crippen molar-refractivity contribution in [2.45, 2.75) is 59.4 Å². The number of rotatable bonds is 10. The zero-order chi connectivity index (χ0) is 28.2. The number of hydrogen-bond donors (Lipinski definition) is 1. The fraction of sp³-hybridized carbons (Fsp3) is 0.290. The quantitative estimate of drug-likeness (QED) is 0.233. The molecule has 9 heteroatoms. The number of H-pyrrole nitrogens is 1. The molecule has 0 aliphatic carbocycles. The third kappa shape index (κ3) is 5.27. The Hall–Kier alpha value is -4.66. The number of aromatic amines is 1. The number of carbonyl (C=O) groups is 1. The van der Waals surface area contributed by atoms with E-state index in [4.69, 9.17) is 0 Å². The molecule has 1 N–H and O–H groups in total. The summed E-state index contributed by atoms with van der Waals surface area (Å²) >= 11 is 0. The SMILES string of the molecule is CCCCc1cn(-c2c(C(C)=O)cccc2C(C)C)c(=O)n1Cc1ccc(-c2cnccc2-c2nn[nH]n2)cc1. The summed E-state index contributed by atoms with van der Waals surface area (Å²) in [6.45, 7) is 8.28. The summed E-state index contributed by atoms with van der Waals surface area (Å²) in [6, 6.07) is 15.7. The Morgan fingerprint density at radius 3 is 2.52 bits per heavy atom. The zero-order valence-electron chi connectivity index (χ0n) is 23.3. The molecule has 40 heavy (non-hydrogen) atoms. The number of hydrogen-bond acceptors (Lipinski definition) is 6. The van der Waals surface area contributed by atoms with E-state index in [1.165, 1.54) is 0 Å². The Morgan fingerprint density at radius 2 is 1.85 bits per heavy atom. The van der Waals surface area contributed by atoms with Gasteiger partial charge in [-0.1, -0.05) is 63.6 Å². The van der Waals surface area contributed by atoms with E-state index < -0.39 is 0 Å². The van der Waals surface area contributed by atoms with Gasteiger partial charge in [0.05, 0.1) is 12.2 Å². The second-order valence-electron chi connectivity index (χ2n) is 10.3. The maximum atomic E-state index is 14.0. The fourth-order valence-electron chi connectivity index (χ4n) is 5.06. The summed E-state index contributed by atoms with van der Waals surface area (Å²) in [5.74, 6) is 0.598. The molecule has 0 spiro atoms. The molecule has 0 aliphatic rings. The molecule has 3 heterocycles. The Balaban J connectivity index is 1.54. The summed E-state index contributed by atoms with van der Waals surface area (Å²) in [4.78, 5) is 30.8. The highest BCUT2D eigenvalue weighted by molar-refractivity contribution is 5.98. The van der Waals surface area contributed by atoms with Crippen LogP contribution in [0.15, 0.2) is 71.9 Å². The van der Waals surface area contributed by atoms with Crippen molar-refractivity contribution in [3.8, 4) is 28.2 Å². The Morgan fingerprint density at radius 1 is 1.05 bits per heavy atom. The molecule has 5 rings (SSSR count). The van der Waals surface area contributed by atoms with E-state index in [1.54, 1.807) is 30.0 Å².